The van der Waals surface area contributed by atoms with Crippen LogP contribution in [-0.2, 0) is 4.79 Å². The molecule has 4 aromatic rings. The van der Waals surface area contributed by atoms with E-state index in [2.05, 4.69) is 15.3 Å². The fourth-order valence-corrected chi connectivity index (χ4v) is 3.72. The zero-order valence-corrected chi connectivity index (χ0v) is 17.5. The number of hydrogen-bond donors (Lipinski definition) is 1. The van der Waals surface area contributed by atoms with E-state index in [-0.39, 0.29) is 12.5 Å². The predicted molar refractivity (Wildman–Crippen MR) is 115 cm³/mol. The Bertz CT molecular complexity index is 1200. The summed E-state index contributed by atoms with van der Waals surface area (Å²) in [5, 5.41) is 5.09. The zero-order valence-electron chi connectivity index (χ0n) is 16.7. The van der Waals surface area contributed by atoms with Gasteiger partial charge in [0.2, 0.25) is 0 Å². The molecule has 0 unspecified atom stereocenters. The van der Waals surface area contributed by atoms with E-state index >= 15 is 0 Å². The summed E-state index contributed by atoms with van der Waals surface area (Å²) in [6, 6.07) is 9.10. The van der Waals surface area contributed by atoms with Gasteiger partial charge in [0.25, 0.3) is 5.91 Å². The second kappa shape index (κ2) is 8.42. The molecule has 0 radical (unpaired) electrons. The fourth-order valence-electron chi connectivity index (χ4n) is 2.99. The highest BCUT2D eigenvalue weighted by Crippen LogP contribution is 2.35. The Hall–Kier alpha value is -3.59. The van der Waals surface area contributed by atoms with Crippen LogP contribution in [0.5, 0.6) is 17.2 Å². The first-order valence-corrected chi connectivity index (χ1v) is 10.00. The third kappa shape index (κ3) is 4.06. The van der Waals surface area contributed by atoms with Crippen molar-refractivity contribution in [3.05, 3.63) is 53.8 Å². The SMILES string of the molecule is COc1ccc(OC)c(-c2csc(NC(=O)COc3cccn4cc(C)nc34)n2)c1. The van der Waals surface area contributed by atoms with Crippen molar-refractivity contribution in [2.45, 2.75) is 6.92 Å². The number of aromatic nitrogens is 3. The van der Waals surface area contributed by atoms with Crippen LogP contribution in [0.25, 0.3) is 16.9 Å². The van der Waals surface area contributed by atoms with Gasteiger partial charge in [-0.3, -0.25) is 10.1 Å². The quantitative estimate of drug-likeness (QED) is 0.486. The number of hydrogen-bond acceptors (Lipinski definition) is 7. The third-order valence-electron chi connectivity index (χ3n) is 4.36. The summed E-state index contributed by atoms with van der Waals surface area (Å²) in [7, 11) is 3.20. The van der Waals surface area contributed by atoms with Crippen LogP contribution in [0.3, 0.4) is 0 Å². The van der Waals surface area contributed by atoms with Crippen LogP contribution < -0.4 is 19.5 Å². The van der Waals surface area contributed by atoms with Gasteiger partial charge in [-0.15, -0.1) is 11.3 Å². The monoisotopic (exact) mass is 424 g/mol. The molecule has 0 atom stereocenters. The van der Waals surface area contributed by atoms with Crippen molar-refractivity contribution in [3.63, 3.8) is 0 Å². The standard InChI is InChI=1S/C21H20N4O4S/c1-13-10-25-8-4-5-18(20(25)22-13)29-11-19(26)24-21-23-16(12-30-21)15-9-14(27-2)6-7-17(15)28-3/h4-10,12H,11H2,1-3H3,(H,23,24,26). The van der Waals surface area contributed by atoms with Gasteiger partial charge in [-0.2, -0.15) is 0 Å². The number of nitrogens with one attached hydrogen (secondary N) is 1. The minimum Gasteiger partial charge on any atom is -0.497 e. The van der Waals surface area contributed by atoms with Crippen molar-refractivity contribution in [3.8, 4) is 28.5 Å². The molecule has 154 valence electrons. The Kier molecular flexibility index (Phi) is 5.53. The number of pyridine rings is 1. The van der Waals surface area contributed by atoms with E-state index in [4.69, 9.17) is 14.2 Å². The molecule has 0 saturated carbocycles. The van der Waals surface area contributed by atoms with Crippen molar-refractivity contribution in [2.24, 2.45) is 0 Å². The van der Waals surface area contributed by atoms with Crippen LogP contribution in [0.2, 0.25) is 0 Å². The summed E-state index contributed by atoms with van der Waals surface area (Å²) in [5.41, 5.74) is 3.01. The van der Waals surface area contributed by atoms with E-state index in [1.165, 1.54) is 11.3 Å². The van der Waals surface area contributed by atoms with Crippen molar-refractivity contribution in [1.29, 1.82) is 0 Å². The third-order valence-corrected chi connectivity index (χ3v) is 5.12. The molecule has 0 bridgehead atoms. The topological polar surface area (TPSA) is 87.0 Å². The van der Waals surface area contributed by atoms with Crippen LogP contribution in [0, 0.1) is 6.92 Å². The number of anilines is 1. The molecule has 0 fully saturated rings. The molecule has 30 heavy (non-hydrogen) atoms. The fraction of sp³-hybridized carbons (Fsp3) is 0.190. The molecular formula is C21H20N4O4S. The maximum atomic E-state index is 12.4. The first kappa shape index (κ1) is 19.7. The Morgan fingerprint density at radius 2 is 2.03 bits per heavy atom. The van der Waals surface area contributed by atoms with Gasteiger partial charge in [-0.1, -0.05) is 0 Å². The highest BCUT2D eigenvalue weighted by atomic mass is 32.1. The summed E-state index contributed by atoms with van der Waals surface area (Å²) in [6.45, 7) is 1.75. The van der Waals surface area contributed by atoms with E-state index < -0.39 is 0 Å². The van der Waals surface area contributed by atoms with Crippen LogP contribution in [-0.4, -0.2) is 41.1 Å². The Balaban J connectivity index is 1.44. The largest absolute Gasteiger partial charge is 0.497 e. The number of thiazole rings is 1. The van der Waals surface area contributed by atoms with Crippen molar-refractivity contribution in [2.75, 3.05) is 26.1 Å². The lowest BCUT2D eigenvalue weighted by Gasteiger charge is -2.08. The summed E-state index contributed by atoms with van der Waals surface area (Å²) < 4.78 is 18.2. The summed E-state index contributed by atoms with van der Waals surface area (Å²) in [5.74, 6) is 1.60. The normalized spacial score (nSPS) is 10.8. The summed E-state index contributed by atoms with van der Waals surface area (Å²) >= 11 is 1.32. The highest BCUT2D eigenvalue weighted by molar-refractivity contribution is 7.14. The molecule has 9 heteroatoms. The first-order valence-electron chi connectivity index (χ1n) is 9.12. The molecule has 0 aliphatic heterocycles. The molecule has 3 heterocycles. The van der Waals surface area contributed by atoms with Crippen molar-refractivity contribution < 1.29 is 19.0 Å². The number of benzene rings is 1. The number of carbonyl (C=O) groups is 1. The Labute approximate surface area is 177 Å². The smallest absolute Gasteiger partial charge is 0.264 e. The van der Waals surface area contributed by atoms with Crippen LogP contribution >= 0.6 is 11.3 Å². The van der Waals surface area contributed by atoms with E-state index in [0.29, 0.717) is 33.7 Å². The molecule has 0 saturated heterocycles. The van der Waals surface area contributed by atoms with E-state index in [9.17, 15) is 4.79 Å². The number of carbonyl (C=O) groups excluding carboxylic acids is 1. The number of methoxy groups -OCH3 is 2. The molecule has 1 aromatic carbocycles. The van der Waals surface area contributed by atoms with E-state index in [0.717, 1.165) is 11.3 Å². The van der Waals surface area contributed by atoms with Gasteiger partial charge in [0.15, 0.2) is 23.1 Å². The lowest BCUT2D eigenvalue weighted by atomic mass is 10.1. The average molecular weight is 424 g/mol. The molecular weight excluding hydrogens is 404 g/mol. The lowest BCUT2D eigenvalue weighted by molar-refractivity contribution is -0.118. The number of imidazole rings is 1. The Morgan fingerprint density at radius 3 is 2.83 bits per heavy atom. The average Bonchev–Trinajstić information content (AvgIpc) is 3.37. The number of nitrogens with zero attached hydrogens (tertiary/aromatic N) is 3. The molecule has 8 nitrogen and oxygen atoms in total. The number of rotatable bonds is 7. The number of amides is 1. The van der Waals surface area contributed by atoms with Gasteiger partial charge >= 0.3 is 0 Å². The molecule has 1 N–H and O–H groups in total. The zero-order chi connectivity index (χ0) is 21.1. The molecule has 1 amide bonds. The van der Waals surface area contributed by atoms with Crippen LogP contribution in [0.15, 0.2) is 48.1 Å². The predicted octanol–water partition coefficient (Wildman–Crippen LogP) is 3.80. The maximum absolute atomic E-state index is 12.4. The van der Waals surface area contributed by atoms with Gasteiger partial charge in [0.05, 0.1) is 25.6 Å². The van der Waals surface area contributed by atoms with Gasteiger partial charge in [0.1, 0.15) is 11.5 Å². The maximum Gasteiger partial charge on any atom is 0.264 e. The molecule has 0 aliphatic carbocycles. The van der Waals surface area contributed by atoms with Gasteiger partial charge in [-0.05, 0) is 37.3 Å². The number of ether oxygens (including phenoxy) is 3. The van der Waals surface area contributed by atoms with Crippen molar-refractivity contribution >= 4 is 28.0 Å². The second-order valence-electron chi connectivity index (χ2n) is 6.43. The first-order chi connectivity index (χ1) is 14.6. The summed E-state index contributed by atoms with van der Waals surface area (Å²) in [6.07, 6.45) is 3.78. The van der Waals surface area contributed by atoms with Gasteiger partial charge in [-0.25, -0.2) is 9.97 Å². The van der Waals surface area contributed by atoms with Crippen molar-refractivity contribution in [1.82, 2.24) is 14.4 Å². The second-order valence-corrected chi connectivity index (χ2v) is 7.28. The molecule has 0 spiro atoms. The molecule has 0 aliphatic rings. The number of fused-ring (bicyclic) bond motifs is 1. The van der Waals surface area contributed by atoms with Crippen LogP contribution in [0.1, 0.15) is 5.69 Å². The number of aryl methyl sites for hydroxylation is 1. The summed E-state index contributed by atoms with van der Waals surface area (Å²) in [4.78, 5) is 21.3. The highest BCUT2D eigenvalue weighted by Gasteiger charge is 2.14. The molecule has 4 rings (SSSR count). The van der Waals surface area contributed by atoms with E-state index in [1.54, 1.807) is 20.3 Å². The van der Waals surface area contributed by atoms with Gasteiger partial charge in [0, 0.05) is 23.3 Å². The van der Waals surface area contributed by atoms with Gasteiger partial charge < -0.3 is 18.6 Å². The molecule has 3 aromatic heterocycles. The minimum atomic E-state index is -0.307. The minimum absolute atomic E-state index is 0.150. The van der Waals surface area contributed by atoms with Crippen LogP contribution in [0.4, 0.5) is 5.13 Å². The lowest BCUT2D eigenvalue weighted by Crippen LogP contribution is -2.20. The van der Waals surface area contributed by atoms with E-state index in [1.807, 2.05) is 53.4 Å². The Morgan fingerprint density at radius 1 is 1.17 bits per heavy atom.